The Hall–Kier alpha value is -1.53. The van der Waals surface area contributed by atoms with Crippen LogP contribution in [0.15, 0.2) is 18.5 Å². The Kier molecular flexibility index (Phi) is 6.85. The summed E-state index contributed by atoms with van der Waals surface area (Å²) in [7, 11) is 0. The summed E-state index contributed by atoms with van der Waals surface area (Å²) in [5.74, 6) is 6.52. The van der Waals surface area contributed by atoms with Crippen molar-refractivity contribution in [3.63, 3.8) is 0 Å². The lowest BCUT2D eigenvalue weighted by Crippen LogP contribution is -1.98. The van der Waals surface area contributed by atoms with Crippen LogP contribution < -0.4 is 10.5 Å². The third kappa shape index (κ3) is 5.94. The smallest absolute Gasteiger partial charge is 0.138 e. The van der Waals surface area contributed by atoms with Crippen LogP contribution in [0.3, 0.4) is 0 Å². The average Bonchev–Trinajstić information content (AvgIpc) is 2.37. The Balaban J connectivity index is 2.38. The summed E-state index contributed by atoms with van der Waals surface area (Å²) >= 11 is 0. The molecule has 0 saturated heterocycles. The first-order chi connectivity index (χ1) is 8.36. The van der Waals surface area contributed by atoms with Gasteiger partial charge < -0.3 is 10.5 Å². The number of hydrogen-bond acceptors (Lipinski definition) is 3. The van der Waals surface area contributed by atoms with E-state index in [9.17, 15) is 0 Å². The van der Waals surface area contributed by atoms with Crippen molar-refractivity contribution in [1.82, 2.24) is 4.98 Å². The fraction of sp³-hybridized carbons (Fsp3) is 0.500. The van der Waals surface area contributed by atoms with E-state index in [-0.39, 0.29) is 0 Å². The van der Waals surface area contributed by atoms with E-state index in [1.807, 2.05) is 6.07 Å². The number of nitrogens with two attached hydrogens (primary N) is 1. The molecule has 0 aliphatic carbocycles. The number of nitrogens with zero attached hydrogens (tertiary/aromatic N) is 1. The largest absolute Gasteiger partial charge is 0.492 e. The molecule has 3 nitrogen and oxygen atoms in total. The maximum atomic E-state index is 5.61. The zero-order chi connectivity index (χ0) is 12.3. The van der Waals surface area contributed by atoms with E-state index < -0.39 is 0 Å². The van der Waals surface area contributed by atoms with E-state index in [0.717, 1.165) is 24.3 Å². The second-order valence-electron chi connectivity index (χ2n) is 3.82. The SMILES string of the molecule is CCCCCCOc1cncc(C#CCN)c1. The molecule has 1 aromatic heterocycles. The molecule has 0 spiro atoms. The summed E-state index contributed by atoms with van der Waals surface area (Å²) in [5.41, 5.74) is 6.16. The maximum Gasteiger partial charge on any atom is 0.138 e. The third-order valence-corrected chi connectivity index (χ3v) is 2.31. The fourth-order valence-electron chi connectivity index (χ4n) is 1.44. The molecule has 1 heterocycles. The van der Waals surface area contributed by atoms with Gasteiger partial charge in [-0.3, -0.25) is 4.98 Å². The highest BCUT2D eigenvalue weighted by Crippen LogP contribution is 2.11. The van der Waals surface area contributed by atoms with Gasteiger partial charge in [0.05, 0.1) is 19.3 Å². The Morgan fingerprint density at radius 1 is 1.29 bits per heavy atom. The zero-order valence-corrected chi connectivity index (χ0v) is 10.4. The van der Waals surface area contributed by atoms with E-state index in [1.165, 1.54) is 19.3 Å². The summed E-state index contributed by atoms with van der Waals surface area (Å²) < 4.78 is 5.61. The number of rotatable bonds is 6. The van der Waals surface area contributed by atoms with Gasteiger partial charge in [-0.05, 0) is 12.5 Å². The third-order valence-electron chi connectivity index (χ3n) is 2.31. The maximum absolute atomic E-state index is 5.61. The molecule has 0 unspecified atom stereocenters. The van der Waals surface area contributed by atoms with Crippen molar-refractivity contribution in [3.8, 4) is 17.6 Å². The van der Waals surface area contributed by atoms with Gasteiger partial charge in [-0.25, -0.2) is 0 Å². The first kappa shape index (κ1) is 13.5. The highest BCUT2D eigenvalue weighted by Gasteiger charge is 1.96. The number of pyridine rings is 1. The van der Waals surface area contributed by atoms with Crippen molar-refractivity contribution in [2.24, 2.45) is 5.73 Å². The highest BCUT2D eigenvalue weighted by atomic mass is 16.5. The number of hydrogen-bond donors (Lipinski definition) is 1. The molecule has 0 aliphatic rings. The minimum absolute atomic E-state index is 0.363. The fourth-order valence-corrected chi connectivity index (χ4v) is 1.44. The lowest BCUT2D eigenvalue weighted by Gasteiger charge is -2.05. The van der Waals surface area contributed by atoms with Crippen molar-refractivity contribution in [1.29, 1.82) is 0 Å². The molecule has 92 valence electrons. The topological polar surface area (TPSA) is 48.1 Å². The van der Waals surface area contributed by atoms with Gasteiger partial charge in [0.2, 0.25) is 0 Å². The lowest BCUT2D eigenvalue weighted by molar-refractivity contribution is 0.304. The van der Waals surface area contributed by atoms with Gasteiger partial charge in [-0.2, -0.15) is 0 Å². The van der Waals surface area contributed by atoms with E-state index in [4.69, 9.17) is 10.5 Å². The second-order valence-corrected chi connectivity index (χ2v) is 3.82. The molecule has 2 N–H and O–H groups in total. The van der Waals surface area contributed by atoms with Crippen LogP contribution in [0.4, 0.5) is 0 Å². The van der Waals surface area contributed by atoms with Gasteiger partial charge in [-0.1, -0.05) is 38.0 Å². The predicted molar refractivity (Wildman–Crippen MR) is 69.8 cm³/mol. The van der Waals surface area contributed by atoms with Crippen molar-refractivity contribution in [3.05, 3.63) is 24.0 Å². The molecule has 0 aliphatic heterocycles. The van der Waals surface area contributed by atoms with Gasteiger partial charge in [-0.15, -0.1) is 0 Å². The van der Waals surface area contributed by atoms with Crippen LogP contribution in [0.2, 0.25) is 0 Å². The standard InChI is InChI=1S/C14H20N2O/c1-2-3-4-5-9-17-14-10-13(7-6-8-15)11-16-12-14/h10-12H,2-5,8-9,15H2,1H3. The quantitative estimate of drug-likeness (QED) is 0.605. The molecule has 0 fully saturated rings. The minimum atomic E-state index is 0.363. The van der Waals surface area contributed by atoms with Crippen LogP contribution in [-0.2, 0) is 0 Å². The lowest BCUT2D eigenvalue weighted by atomic mass is 10.2. The number of aromatic nitrogens is 1. The average molecular weight is 232 g/mol. The Morgan fingerprint density at radius 3 is 2.94 bits per heavy atom. The van der Waals surface area contributed by atoms with Crippen LogP contribution in [0, 0.1) is 11.8 Å². The molecule has 1 aromatic rings. The van der Waals surface area contributed by atoms with Crippen molar-refractivity contribution < 1.29 is 4.74 Å². The van der Waals surface area contributed by atoms with Gasteiger partial charge in [0.1, 0.15) is 5.75 Å². The molecule has 17 heavy (non-hydrogen) atoms. The first-order valence-corrected chi connectivity index (χ1v) is 6.13. The van der Waals surface area contributed by atoms with Crippen LogP contribution >= 0.6 is 0 Å². The van der Waals surface area contributed by atoms with Gasteiger partial charge in [0, 0.05) is 11.8 Å². The molecule has 3 heteroatoms. The predicted octanol–water partition coefficient (Wildman–Crippen LogP) is 2.35. The molecule has 0 saturated carbocycles. The molecule has 0 aromatic carbocycles. The monoisotopic (exact) mass is 232 g/mol. The molecule has 0 radical (unpaired) electrons. The Morgan fingerprint density at radius 2 is 2.18 bits per heavy atom. The van der Waals surface area contributed by atoms with Crippen LogP contribution in [0.25, 0.3) is 0 Å². The van der Waals surface area contributed by atoms with Crippen molar-refractivity contribution in [2.45, 2.75) is 32.6 Å². The summed E-state index contributed by atoms with van der Waals surface area (Å²) in [5, 5.41) is 0. The van der Waals surface area contributed by atoms with Gasteiger partial charge in [0.25, 0.3) is 0 Å². The van der Waals surface area contributed by atoms with Gasteiger partial charge >= 0.3 is 0 Å². The minimum Gasteiger partial charge on any atom is -0.492 e. The van der Waals surface area contributed by atoms with E-state index in [2.05, 4.69) is 23.7 Å². The Labute approximate surface area is 103 Å². The summed E-state index contributed by atoms with van der Waals surface area (Å²) in [6.07, 6.45) is 8.25. The summed E-state index contributed by atoms with van der Waals surface area (Å²) in [6, 6.07) is 1.90. The molecule has 0 amide bonds. The second kappa shape index (κ2) is 8.60. The summed E-state index contributed by atoms with van der Waals surface area (Å²) in [6.45, 7) is 3.31. The van der Waals surface area contributed by atoms with Crippen molar-refractivity contribution >= 4 is 0 Å². The van der Waals surface area contributed by atoms with E-state index in [1.54, 1.807) is 12.4 Å². The highest BCUT2D eigenvalue weighted by molar-refractivity contribution is 5.36. The first-order valence-electron chi connectivity index (χ1n) is 6.13. The normalized spacial score (nSPS) is 9.53. The summed E-state index contributed by atoms with van der Waals surface area (Å²) in [4.78, 5) is 4.08. The van der Waals surface area contributed by atoms with Crippen LogP contribution in [-0.4, -0.2) is 18.1 Å². The van der Waals surface area contributed by atoms with E-state index in [0.29, 0.717) is 6.54 Å². The van der Waals surface area contributed by atoms with Crippen molar-refractivity contribution in [2.75, 3.05) is 13.2 Å². The number of ether oxygens (including phenoxy) is 1. The molecule has 0 atom stereocenters. The molecule has 0 bridgehead atoms. The molecular formula is C14H20N2O. The van der Waals surface area contributed by atoms with Gasteiger partial charge in [0.15, 0.2) is 0 Å². The zero-order valence-electron chi connectivity index (χ0n) is 10.4. The molecule has 1 rings (SSSR count). The van der Waals surface area contributed by atoms with Crippen LogP contribution in [0.1, 0.15) is 38.2 Å². The van der Waals surface area contributed by atoms with Crippen LogP contribution in [0.5, 0.6) is 5.75 Å². The number of unbranched alkanes of at least 4 members (excludes halogenated alkanes) is 3. The van der Waals surface area contributed by atoms with E-state index >= 15 is 0 Å². The molecular weight excluding hydrogens is 212 g/mol. The Bertz CT molecular complexity index is 379.